The van der Waals surface area contributed by atoms with Crippen molar-refractivity contribution in [1.29, 1.82) is 0 Å². The number of methoxy groups -OCH3 is 1. The Morgan fingerprint density at radius 1 is 1.06 bits per heavy atom. The minimum atomic E-state index is -1.65. The number of benzene rings is 2. The number of carboxylic acid groups (broad SMARTS) is 1. The number of alkyl carbamates (subject to hydrolysis) is 1. The van der Waals surface area contributed by atoms with Gasteiger partial charge < -0.3 is 30.3 Å². The van der Waals surface area contributed by atoms with Crippen LogP contribution in [0.3, 0.4) is 0 Å². The summed E-state index contributed by atoms with van der Waals surface area (Å²) in [5.41, 5.74) is 2.69. The molecule has 3 rings (SSSR count). The van der Waals surface area contributed by atoms with Crippen molar-refractivity contribution in [3.8, 4) is 11.1 Å². The molecule has 0 aliphatic heterocycles. The Bertz CT molecular complexity index is 1010. The zero-order valence-corrected chi connectivity index (χ0v) is 19.4. The molecule has 0 radical (unpaired) electrons. The molecule has 2 aromatic rings. The van der Waals surface area contributed by atoms with Crippen LogP contribution in [0.25, 0.3) is 11.1 Å². The van der Waals surface area contributed by atoms with Crippen LogP contribution in [0.4, 0.5) is 4.79 Å². The third-order valence-electron chi connectivity index (χ3n) is 5.92. The molecule has 0 saturated heterocycles. The van der Waals surface area contributed by atoms with E-state index < -0.39 is 42.1 Å². The van der Waals surface area contributed by atoms with Crippen molar-refractivity contribution in [2.24, 2.45) is 0 Å². The van der Waals surface area contributed by atoms with Crippen LogP contribution < -0.4 is 10.6 Å². The number of fused-ring (bicyclic) bond motifs is 3. The topological polar surface area (TPSA) is 134 Å². The summed E-state index contributed by atoms with van der Waals surface area (Å²) in [6.45, 7) is 2.68. The Morgan fingerprint density at radius 3 is 2.15 bits per heavy atom. The van der Waals surface area contributed by atoms with Gasteiger partial charge in [0.05, 0.1) is 18.1 Å². The van der Waals surface area contributed by atoms with Gasteiger partial charge in [0.1, 0.15) is 12.6 Å². The van der Waals surface area contributed by atoms with Crippen LogP contribution in [0.5, 0.6) is 0 Å². The normalized spacial score (nSPS) is 15.9. The Kier molecular flexibility index (Phi) is 7.90. The number of ether oxygens (including phenoxy) is 2. The number of nitrogens with one attached hydrogen (secondary N) is 2. The second-order valence-corrected chi connectivity index (χ2v) is 8.67. The van der Waals surface area contributed by atoms with Crippen LogP contribution in [0.15, 0.2) is 48.5 Å². The molecule has 4 N–H and O–H groups in total. The minimum Gasteiger partial charge on any atom is -0.481 e. The summed E-state index contributed by atoms with van der Waals surface area (Å²) in [5.74, 6) is -1.96. The summed E-state index contributed by atoms with van der Waals surface area (Å²) in [7, 11) is 1.39. The molecule has 0 saturated carbocycles. The van der Waals surface area contributed by atoms with Gasteiger partial charge in [-0.2, -0.15) is 0 Å². The first-order valence-corrected chi connectivity index (χ1v) is 11.0. The molecule has 1 aliphatic rings. The van der Waals surface area contributed by atoms with Crippen molar-refractivity contribution in [1.82, 2.24) is 10.6 Å². The second kappa shape index (κ2) is 10.7. The van der Waals surface area contributed by atoms with E-state index in [1.54, 1.807) is 6.92 Å². The predicted octanol–water partition coefficient (Wildman–Crippen LogP) is 2.27. The fraction of sp³-hybridized carbons (Fsp3) is 0.400. The van der Waals surface area contributed by atoms with Crippen molar-refractivity contribution in [2.75, 3.05) is 20.3 Å². The van der Waals surface area contributed by atoms with Crippen molar-refractivity contribution < 1.29 is 34.1 Å². The zero-order chi connectivity index (χ0) is 24.9. The van der Waals surface area contributed by atoms with Gasteiger partial charge in [0.2, 0.25) is 5.91 Å². The van der Waals surface area contributed by atoms with E-state index in [0.29, 0.717) is 0 Å². The van der Waals surface area contributed by atoms with E-state index >= 15 is 0 Å². The van der Waals surface area contributed by atoms with Gasteiger partial charge in [-0.15, -0.1) is 0 Å². The van der Waals surface area contributed by atoms with E-state index in [0.717, 1.165) is 22.3 Å². The van der Waals surface area contributed by atoms with Crippen LogP contribution in [0.2, 0.25) is 0 Å². The molecule has 182 valence electrons. The number of amides is 2. The lowest BCUT2D eigenvalue weighted by atomic mass is 9.98. The quantitative estimate of drug-likeness (QED) is 0.418. The highest BCUT2D eigenvalue weighted by Gasteiger charge is 2.32. The summed E-state index contributed by atoms with van der Waals surface area (Å²) in [6.07, 6.45) is -2.04. The summed E-state index contributed by atoms with van der Waals surface area (Å²) in [5, 5.41) is 24.0. The first-order chi connectivity index (χ1) is 16.1. The third-order valence-corrected chi connectivity index (χ3v) is 5.92. The van der Waals surface area contributed by atoms with Gasteiger partial charge in [0.25, 0.3) is 0 Å². The molecular weight excluding hydrogens is 440 g/mol. The summed E-state index contributed by atoms with van der Waals surface area (Å²) in [6, 6.07) is 14.8. The number of aliphatic carboxylic acids is 1. The molecule has 0 spiro atoms. The fourth-order valence-electron chi connectivity index (χ4n) is 4.07. The summed E-state index contributed by atoms with van der Waals surface area (Å²) < 4.78 is 10.7. The average Bonchev–Trinajstić information content (AvgIpc) is 3.12. The van der Waals surface area contributed by atoms with E-state index in [2.05, 4.69) is 10.6 Å². The molecule has 9 heteroatoms. The molecule has 0 bridgehead atoms. The fourth-order valence-corrected chi connectivity index (χ4v) is 4.07. The Morgan fingerprint density at radius 2 is 1.62 bits per heavy atom. The van der Waals surface area contributed by atoms with E-state index in [1.165, 1.54) is 14.0 Å². The number of hydrogen-bond donors (Lipinski definition) is 4. The van der Waals surface area contributed by atoms with E-state index in [1.807, 2.05) is 48.5 Å². The monoisotopic (exact) mass is 470 g/mol. The lowest BCUT2D eigenvalue weighted by Gasteiger charge is -2.26. The van der Waals surface area contributed by atoms with Crippen molar-refractivity contribution in [3.05, 3.63) is 59.7 Å². The molecule has 9 nitrogen and oxygen atoms in total. The number of rotatable bonds is 10. The molecule has 1 aliphatic carbocycles. The van der Waals surface area contributed by atoms with Crippen LogP contribution >= 0.6 is 0 Å². The Hall–Kier alpha value is -3.43. The minimum absolute atomic E-state index is 0.0862. The molecule has 34 heavy (non-hydrogen) atoms. The Labute approximate surface area is 198 Å². The van der Waals surface area contributed by atoms with Crippen LogP contribution in [0, 0.1) is 0 Å². The highest BCUT2D eigenvalue weighted by Crippen LogP contribution is 2.44. The van der Waals surface area contributed by atoms with Gasteiger partial charge in [-0.05, 0) is 36.1 Å². The highest BCUT2D eigenvalue weighted by molar-refractivity contribution is 5.86. The molecule has 0 fully saturated rings. The standard InChI is InChI=1S/C25H30N2O7/c1-15(33-3)22(23(30)26-14-25(2,32)12-21(28)29)27-24(31)34-13-20-18-10-6-4-8-16(18)17-9-5-7-11-19(17)20/h4-11,15,20,22,32H,12-14H2,1-3H3,(H,26,30)(H,27,31)(H,28,29)/t15-,22+,25?/m1/s1. The third kappa shape index (κ3) is 5.92. The molecule has 1 unspecified atom stereocenters. The average molecular weight is 471 g/mol. The molecule has 2 amide bonds. The lowest BCUT2D eigenvalue weighted by Crippen LogP contribution is -2.55. The van der Waals surface area contributed by atoms with E-state index in [9.17, 15) is 19.5 Å². The SMILES string of the molecule is CO[C@H](C)[C@H](NC(=O)OCC1c2ccccc2-c2ccccc21)C(=O)NCC(C)(O)CC(=O)O. The predicted molar refractivity (Wildman–Crippen MR) is 124 cm³/mol. The number of aliphatic hydroxyl groups is 1. The number of carbonyl (C=O) groups excluding carboxylic acids is 2. The number of carboxylic acids is 1. The van der Waals surface area contributed by atoms with Gasteiger partial charge in [-0.3, -0.25) is 9.59 Å². The molecule has 0 heterocycles. The van der Waals surface area contributed by atoms with Gasteiger partial charge >= 0.3 is 12.1 Å². The second-order valence-electron chi connectivity index (χ2n) is 8.67. The molecule has 3 atom stereocenters. The zero-order valence-electron chi connectivity index (χ0n) is 19.4. The van der Waals surface area contributed by atoms with Crippen LogP contribution in [-0.2, 0) is 19.1 Å². The number of hydrogen-bond acceptors (Lipinski definition) is 6. The van der Waals surface area contributed by atoms with Gasteiger partial charge in [-0.25, -0.2) is 4.79 Å². The lowest BCUT2D eigenvalue weighted by molar-refractivity contribution is -0.142. The van der Waals surface area contributed by atoms with Crippen LogP contribution in [0.1, 0.15) is 37.3 Å². The van der Waals surface area contributed by atoms with Crippen molar-refractivity contribution in [2.45, 2.75) is 43.9 Å². The molecular formula is C25H30N2O7. The Balaban J connectivity index is 1.63. The smallest absolute Gasteiger partial charge is 0.407 e. The number of carbonyl (C=O) groups is 3. The van der Waals surface area contributed by atoms with Crippen LogP contribution in [-0.4, -0.2) is 66.2 Å². The maximum Gasteiger partial charge on any atom is 0.407 e. The largest absolute Gasteiger partial charge is 0.481 e. The van der Waals surface area contributed by atoms with E-state index in [4.69, 9.17) is 14.6 Å². The summed E-state index contributed by atoms with van der Waals surface area (Å²) >= 11 is 0. The van der Waals surface area contributed by atoms with Gasteiger partial charge in [0.15, 0.2) is 0 Å². The molecule has 0 aromatic heterocycles. The summed E-state index contributed by atoms with van der Waals surface area (Å²) in [4.78, 5) is 36.2. The first-order valence-electron chi connectivity index (χ1n) is 11.0. The van der Waals surface area contributed by atoms with E-state index in [-0.39, 0.29) is 19.1 Å². The van der Waals surface area contributed by atoms with Gasteiger partial charge in [0, 0.05) is 19.6 Å². The van der Waals surface area contributed by atoms with Gasteiger partial charge in [-0.1, -0.05) is 48.5 Å². The van der Waals surface area contributed by atoms with Crippen molar-refractivity contribution >= 4 is 18.0 Å². The maximum atomic E-state index is 12.7. The highest BCUT2D eigenvalue weighted by atomic mass is 16.5. The maximum absolute atomic E-state index is 12.7. The molecule has 2 aromatic carbocycles. The van der Waals surface area contributed by atoms with Crippen molar-refractivity contribution in [3.63, 3.8) is 0 Å². The first kappa shape index (κ1) is 25.2.